The van der Waals surface area contributed by atoms with E-state index in [0.717, 1.165) is 28.8 Å². The quantitative estimate of drug-likeness (QED) is 0.343. The van der Waals surface area contributed by atoms with Crippen molar-refractivity contribution in [2.75, 3.05) is 0 Å². The number of ketones is 1. The van der Waals surface area contributed by atoms with E-state index in [1.54, 1.807) is 18.2 Å². The molecule has 3 aromatic rings. The zero-order valence-corrected chi connectivity index (χ0v) is 21.1. The highest BCUT2D eigenvalue weighted by Crippen LogP contribution is 2.36. The van der Waals surface area contributed by atoms with Crippen molar-refractivity contribution in [2.24, 2.45) is 0 Å². The number of fused-ring (bicyclic) bond motifs is 1. The molecule has 0 atom stereocenters. The molecule has 198 valence electrons. The summed E-state index contributed by atoms with van der Waals surface area (Å²) in [5, 5.41) is 9.34. The van der Waals surface area contributed by atoms with Gasteiger partial charge in [-0.15, -0.1) is 0 Å². The van der Waals surface area contributed by atoms with E-state index in [9.17, 15) is 27.9 Å². The number of hydrogen-bond acceptors (Lipinski definition) is 5. The Morgan fingerprint density at radius 3 is 2.21 bits per heavy atom. The first-order valence-corrected chi connectivity index (χ1v) is 11.7. The van der Waals surface area contributed by atoms with Gasteiger partial charge in [0, 0.05) is 6.07 Å². The molecule has 3 aromatic carbocycles. The van der Waals surface area contributed by atoms with Crippen molar-refractivity contribution in [1.29, 1.82) is 0 Å². The lowest BCUT2D eigenvalue weighted by atomic mass is 10.0. The van der Waals surface area contributed by atoms with Crippen LogP contribution in [0.2, 0.25) is 0 Å². The molecule has 0 amide bonds. The van der Waals surface area contributed by atoms with Crippen molar-refractivity contribution in [1.82, 2.24) is 0 Å². The van der Waals surface area contributed by atoms with Crippen LogP contribution >= 0.6 is 0 Å². The van der Waals surface area contributed by atoms with Crippen molar-refractivity contribution in [3.8, 4) is 17.2 Å². The van der Waals surface area contributed by atoms with Gasteiger partial charge in [0.1, 0.15) is 23.9 Å². The Morgan fingerprint density at radius 2 is 1.63 bits per heavy atom. The smallest absolute Gasteiger partial charge is 0.416 e. The van der Waals surface area contributed by atoms with Crippen LogP contribution < -0.4 is 14.2 Å². The molecule has 0 bridgehead atoms. The molecule has 4 rings (SSSR count). The number of Topliss-reactive ketones (excluding diaryl/α,β-unsaturated/α-hetero) is 1. The van der Waals surface area contributed by atoms with Crippen LogP contribution in [0.5, 0.6) is 17.2 Å². The van der Waals surface area contributed by atoms with Gasteiger partial charge >= 0.3 is 12.1 Å². The second-order valence-electron chi connectivity index (χ2n) is 9.48. The number of benzene rings is 3. The van der Waals surface area contributed by atoms with Crippen LogP contribution in [0.1, 0.15) is 52.0 Å². The summed E-state index contributed by atoms with van der Waals surface area (Å²) >= 11 is 0. The zero-order chi connectivity index (χ0) is 27.8. The molecule has 9 heteroatoms. The summed E-state index contributed by atoms with van der Waals surface area (Å²) in [7, 11) is 0. The summed E-state index contributed by atoms with van der Waals surface area (Å²) in [6.07, 6.45) is -3.05. The van der Waals surface area contributed by atoms with Gasteiger partial charge in [0.2, 0.25) is 5.78 Å². The fourth-order valence-electron chi connectivity index (χ4n) is 3.93. The fourth-order valence-corrected chi connectivity index (χ4v) is 3.93. The maximum Gasteiger partial charge on any atom is 0.416 e. The lowest BCUT2D eigenvalue weighted by Crippen LogP contribution is -2.38. The third-order valence-electron chi connectivity index (χ3n) is 5.98. The van der Waals surface area contributed by atoms with E-state index in [1.165, 1.54) is 32.1 Å². The highest BCUT2D eigenvalue weighted by Gasteiger charge is 2.32. The Balaban J connectivity index is 1.46. The number of aryl methyl sites for hydroxylation is 2. The molecule has 6 nitrogen and oxygen atoms in total. The van der Waals surface area contributed by atoms with Gasteiger partial charge in [0.15, 0.2) is 11.4 Å². The largest absolute Gasteiger partial charge is 0.489 e. The number of carbonyl (C=O) groups excluding carboxylic acids is 1. The first kappa shape index (κ1) is 26.8. The number of carbonyl (C=O) groups is 2. The Bertz CT molecular complexity index is 1410. The average Bonchev–Trinajstić information content (AvgIpc) is 3.14. The summed E-state index contributed by atoms with van der Waals surface area (Å²) in [6.45, 7) is 6.81. The van der Waals surface area contributed by atoms with E-state index < -0.39 is 23.3 Å². The number of rotatable bonds is 7. The maximum absolute atomic E-state index is 12.8. The molecule has 1 aliphatic heterocycles. The molecule has 0 spiro atoms. The van der Waals surface area contributed by atoms with Gasteiger partial charge in [-0.25, -0.2) is 4.79 Å². The molecule has 0 saturated carbocycles. The number of alkyl halides is 3. The zero-order valence-electron chi connectivity index (χ0n) is 21.1. The molecule has 0 aromatic heterocycles. The van der Waals surface area contributed by atoms with Crippen molar-refractivity contribution in [3.63, 3.8) is 0 Å². The highest BCUT2D eigenvalue weighted by atomic mass is 19.4. The van der Waals surface area contributed by atoms with Gasteiger partial charge < -0.3 is 19.3 Å². The SMILES string of the molecule is Cc1cc(COc2ccc3c(c2)O/C(=C\c2ccc(C(F)(F)F)cc2)C3=O)cc(C)c1OC(C)(C)C(=O)O. The lowest BCUT2D eigenvalue weighted by molar-refractivity contribution is -0.152. The average molecular weight is 527 g/mol. The van der Waals surface area contributed by atoms with E-state index in [1.807, 2.05) is 26.0 Å². The van der Waals surface area contributed by atoms with Gasteiger partial charge in [-0.2, -0.15) is 13.2 Å². The summed E-state index contributed by atoms with van der Waals surface area (Å²) < 4.78 is 55.7. The fraction of sp³-hybridized carbons (Fsp3) is 0.241. The number of ether oxygens (including phenoxy) is 3. The normalized spacial score (nSPS) is 14.3. The summed E-state index contributed by atoms with van der Waals surface area (Å²) in [4.78, 5) is 24.1. The van der Waals surface area contributed by atoms with Crippen LogP contribution in [0.25, 0.3) is 6.08 Å². The van der Waals surface area contributed by atoms with Gasteiger partial charge in [-0.1, -0.05) is 12.1 Å². The van der Waals surface area contributed by atoms with Crippen molar-refractivity contribution >= 4 is 17.8 Å². The number of hydrogen-bond donors (Lipinski definition) is 1. The Morgan fingerprint density at radius 1 is 1.00 bits per heavy atom. The van der Waals surface area contributed by atoms with Crippen molar-refractivity contribution in [3.05, 3.63) is 93.7 Å². The van der Waals surface area contributed by atoms with E-state index in [-0.39, 0.29) is 23.9 Å². The highest BCUT2D eigenvalue weighted by molar-refractivity contribution is 6.14. The topological polar surface area (TPSA) is 82.1 Å². The minimum atomic E-state index is -4.44. The molecule has 0 fully saturated rings. The molecule has 0 unspecified atom stereocenters. The van der Waals surface area contributed by atoms with Crippen molar-refractivity contribution in [2.45, 2.75) is 46.1 Å². The second-order valence-corrected chi connectivity index (χ2v) is 9.48. The van der Waals surface area contributed by atoms with E-state index in [4.69, 9.17) is 14.2 Å². The summed E-state index contributed by atoms with van der Waals surface area (Å²) in [5.74, 6) is -0.204. The number of carboxylic acid groups (broad SMARTS) is 1. The standard InChI is InChI=1S/C29H25F3O6/c1-16-11-19(12-17(2)26(16)38-28(3,4)27(34)35)15-36-21-9-10-22-23(14-21)37-24(25(22)33)13-18-5-7-20(8-6-18)29(30,31)32/h5-14H,15H2,1-4H3,(H,34,35)/b24-13-. The second kappa shape index (κ2) is 9.89. The number of carboxylic acids is 1. The van der Waals surface area contributed by atoms with Crippen LogP contribution in [0, 0.1) is 13.8 Å². The molecule has 0 saturated heterocycles. The third kappa shape index (κ3) is 5.66. The Labute approximate surface area is 217 Å². The molecule has 1 heterocycles. The molecule has 38 heavy (non-hydrogen) atoms. The predicted molar refractivity (Wildman–Crippen MR) is 133 cm³/mol. The van der Waals surface area contributed by atoms with Crippen LogP contribution in [0.4, 0.5) is 13.2 Å². The third-order valence-corrected chi connectivity index (χ3v) is 5.98. The Hall–Kier alpha value is -4.27. The number of halogens is 3. The van der Waals surface area contributed by atoms with Gasteiger partial charge in [0.05, 0.1) is 11.1 Å². The van der Waals surface area contributed by atoms with E-state index in [0.29, 0.717) is 22.6 Å². The molecule has 0 radical (unpaired) electrons. The number of allylic oxidation sites excluding steroid dienone is 1. The molecular weight excluding hydrogens is 501 g/mol. The van der Waals surface area contributed by atoms with E-state index >= 15 is 0 Å². The monoisotopic (exact) mass is 526 g/mol. The molecule has 1 N–H and O–H groups in total. The predicted octanol–water partition coefficient (Wildman–Crippen LogP) is 6.76. The minimum Gasteiger partial charge on any atom is -0.489 e. The van der Waals surface area contributed by atoms with Gasteiger partial charge in [0.25, 0.3) is 0 Å². The van der Waals surface area contributed by atoms with Gasteiger partial charge in [-0.3, -0.25) is 4.79 Å². The van der Waals surface area contributed by atoms with Crippen molar-refractivity contribution < 1.29 is 42.1 Å². The van der Waals surface area contributed by atoms with Crippen LogP contribution in [-0.2, 0) is 17.6 Å². The molecule has 0 aliphatic carbocycles. The molecular formula is C29H25F3O6. The van der Waals surface area contributed by atoms with Crippen LogP contribution in [0.3, 0.4) is 0 Å². The molecule has 1 aliphatic rings. The summed E-state index contributed by atoms with van der Waals surface area (Å²) in [6, 6.07) is 12.9. The minimum absolute atomic E-state index is 0.00281. The van der Waals surface area contributed by atoms with Gasteiger partial charge in [-0.05, 0) is 92.4 Å². The first-order valence-electron chi connectivity index (χ1n) is 11.7. The lowest BCUT2D eigenvalue weighted by Gasteiger charge is -2.24. The Kier molecular flexibility index (Phi) is 6.97. The van der Waals surface area contributed by atoms with Crippen LogP contribution in [0.15, 0.2) is 60.4 Å². The maximum atomic E-state index is 12.8. The number of aliphatic carboxylic acids is 1. The van der Waals surface area contributed by atoms with Crippen LogP contribution in [-0.4, -0.2) is 22.5 Å². The summed E-state index contributed by atoms with van der Waals surface area (Å²) in [5.41, 5.74) is 0.925. The first-order chi connectivity index (χ1) is 17.7. The van der Waals surface area contributed by atoms with E-state index in [2.05, 4.69) is 0 Å².